The van der Waals surface area contributed by atoms with E-state index in [0.29, 0.717) is 30.7 Å². The third-order valence-electron chi connectivity index (χ3n) is 5.25. The summed E-state index contributed by atoms with van der Waals surface area (Å²) in [7, 11) is 0. The number of carbonyl (C=O) groups is 1. The van der Waals surface area contributed by atoms with E-state index in [1.807, 2.05) is 13.8 Å². The number of halogens is 2. The second-order valence-electron chi connectivity index (χ2n) is 7.34. The minimum absolute atomic E-state index is 0.193. The normalized spacial score (nSPS) is 12.3. The van der Waals surface area contributed by atoms with Crippen LogP contribution in [-0.4, -0.2) is 25.7 Å². The first-order valence-corrected chi connectivity index (χ1v) is 10.2. The van der Waals surface area contributed by atoms with E-state index in [1.165, 1.54) is 0 Å². The van der Waals surface area contributed by atoms with E-state index in [1.54, 1.807) is 19.1 Å². The highest BCUT2D eigenvalue weighted by molar-refractivity contribution is 5.94. The molecule has 0 radical (unpaired) electrons. The summed E-state index contributed by atoms with van der Waals surface area (Å²) >= 11 is 0. The van der Waals surface area contributed by atoms with Gasteiger partial charge in [0.05, 0.1) is 16.5 Å². The predicted octanol–water partition coefficient (Wildman–Crippen LogP) is 4.46. The molecule has 0 saturated heterocycles. The molecule has 164 valence electrons. The number of fused-ring (bicyclic) bond motifs is 1. The van der Waals surface area contributed by atoms with Crippen LogP contribution in [0, 0.1) is 11.6 Å². The van der Waals surface area contributed by atoms with E-state index in [-0.39, 0.29) is 23.1 Å². The topological polar surface area (TPSA) is 92.4 Å². The van der Waals surface area contributed by atoms with Crippen LogP contribution in [0.15, 0.2) is 29.2 Å². The average Bonchev–Trinajstić information content (AvgIpc) is 2.73. The number of aliphatic hydroxyl groups excluding tert-OH is 1. The molecule has 3 aromatic rings. The fraction of sp³-hybridized carbons (Fsp3) is 0.348. The molecule has 1 atom stereocenters. The molecule has 2 N–H and O–H groups in total. The Kier molecular flexibility index (Phi) is 6.50. The highest BCUT2D eigenvalue weighted by Gasteiger charge is 2.25. The molecular weight excluding hydrogens is 406 g/mol. The van der Waals surface area contributed by atoms with Crippen LogP contribution in [0.2, 0.25) is 0 Å². The van der Waals surface area contributed by atoms with Crippen molar-refractivity contribution in [1.29, 1.82) is 0 Å². The molecule has 1 unspecified atom stereocenters. The number of aryl methyl sites for hydroxylation is 2. The zero-order chi connectivity index (χ0) is 22.9. The molecule has 0 bridgehead atoms. The van der Waals surface area contributed by atoms with Crippen LogP contribution in [0.1, 0.15) is 61.6 Å². The second-order valence-corrected chi connectivity index (χ2v) is 7.34. The van der Waals surface area contributed by atoms with E-state index < -0.39 is 40.2 Å². The third kappa shape index (κ3) is 4.07. The lowest BCUT2D eigenvalue weighted by Crippen LogP contribution is -2.22. The zero-order valence-electron chi connectivity index (χ0n) is 17.6. The van der Waals surface area contributed by atoms with Gasteiger partial charge in [-0.25, -0.2) is 13.6 Å². The van der Waals surface area contributed by atoms with Gasteiger partial charge >= 0.3 is 5.97 Å². The van der Waals surface area contributed by atoms with Gasteiger partial charge in [-0.05, 0) is 43.0 Å². The number of benzene rings is 1. The van der Waals surface area contributed by atoms with E-state index in [9.17, 15) is 19.8 Å². The molecule has 2 aromatic heterocycles. The maximum atomic E-state index is 15.8. The molecule has 0 spiro atoms. The summed E-state index contributed by atoms with van der Waals surface area (Å²) < 4.78 is 31.9. The quantitative estimate of drug-likeness (QED) is 0.578. The SMILES string of the molecule is CCCC(O)n1cc(C(=O)O)c(=O)c2cc(F)c(-c3cc(CC)nc(CC)c3)c(F)c21. The van der Waals surface area contributed by atoms with Crippen molar-refractivity contribution in [3.8, 4) is 11.1 Å². The van der Waals surface area contributed by atoms with Gasteiger partial charge in [0.15, 0.2) is 5.82 Å². The fourth-order valence-corrected chi connectivity index (χ4v) is 3.65. The van der Waals surface area contributed by atoms with Crippen molar-refractivity contribution in [2.45, 2.75) is 52.7 Å². The highest BCUT2D eigenvalue weighted by atomic mass is 19.1. The van der Waals surface area contributed by atoms with Crippen molar-refractivity contribution < 1.29 is 23.8 Å². The van der Waals surface area contributed by atoms with Crippen molar-refractivity contribution in [3.05, 3.63) is 63.2 Å². The number of nitrogens with zero attached hydrogens (tertiary/aromatic N) is 2. The summed E-state index contributed by atoms with van der Waals surface area (Å²) in [5.74, 6) is -3.56. The monoisotopic (exact) mass is 430 g/mol. The first-order chi connectivity index (χ1) is 14.7. The molecule has 3 rings (SSSR count). The molecule has 8 heteroatoms. The lowest BCUT2D eigenvalue weighted by atomic mass is 9.99. The number of aliphatic hydroxyl groups is 1. The predicted molar refractivity (Wildman–Crippen MR) is 113 cm³/mol. The first kappa shape index (κ1) is 22.6. The van der Waals surface area contributed by atoms with Crippen LogP contribution in [0.3, 0.4) is 0 Å². The lowest BCUT2D eigenvalue weighted by Gasteiger charge is -2.20. The largest absolute Gasteiger partial charge is 0.477 e. The summed E-state index contributed by atoms with van der Waals surface area (Å²) in [5.41, 5.74) is -0.758. The fourth-order valence-electron chi connectivity index (χ4n) is 3.65. The van der Waals surface area contributed by atoms with Gasteiger partial charge in [-0.1, -0.05) is 27.2 Å². The van der Waals surface area contributed by atoms with E-state index in [0.717, 1.165) is 16.8 Å². The summed E-state index contributed by atoms with van der Waals surface area (Å²) in [6.07, 6.45) is 1.49. The molecule has 0 aliphatic rings. The Morgan fingerprint density at radius 3 is 2.26 bits per heavy atom. The Morgan fingerprint density at radius 2 is 1.74 bits per heavy atom. The second kappa shape index (κ2) is 8.93. The van der Waals surface area contributed by atoms with Gasteiger partial charge in [0.25, 0.3) is 0 Å². The molecule has 0 aliphatic heterocycles. The van der Waals surface area contributed by atoms with Crippen LogP contribution in [0.5, 0.6) is 0 Å². The molecule has 0 fully saturated rings. The minimum atomic E-state index is -1.54. The number of hydrogen-bond acceptors (Lipinski definition) is 4. The molecule has 0 amide bonds. The van der Waals surface area contributed by atoms with Crippen molar-refractivity contribution in [2.75, 3.05) is 0 Å². The molecule has 1 aromatic carbocycles. The number of aromatic nitrogens is 2. The summed E-state index contributed by atoms with van der Waals surface area (Å²) in [6, 6.07) is 4.02. The van der Waals surface area contributed by atoms with Crippen molar-refractivity contribution in [1.82, 2.24) is 9.55 Å². The van der Waals surface area contributed by atoms with Crippen molar-refractivity contribution in [3.63, 3.8) is 0 Å². The Balaban J connectivity index is 2.45. The van der Waals surface area contributed by atoms with E-state index in [4.69, 9.17) is 0 Å². The Labute approximate surface area is 177 Å². The maximum absolute atomic E-state index is 15.8. The number of pyridine rings is 2. The number of rotatable bonds is 7. The van der Waals surface area contributed by atoms with Gasteiger partial charge in [0, 0.05) is 17.6 Å². The highest BCUT2D eigenvalue weighted by Crippen LogP contribution is 2.33. The molecule has 2 heterocycles. The third-order valence-corrected chi connectivity index (χ3v) is 5.25. The van der Waals surface area contributed by atoms with Crippen LogP contribution < -0.4 is 5.43 Å². The molecule has 31 heavy (non-hydrogen) atoms. The Hall–Kier alpha value is -3.13. The van der Waals surface area contributed by atoms with Gasteiger partial charge in [-0.2, -0.15) is 0 Å². The number of hydrogen-bond donors (Lipinski definition) is 2. The van der Waals surface area contributed by atoms with Crippen molar-refractivity contribution >= 4 is 16.9 Å². The van der Waals surface area contributed by atoms with Gasteiger partial charge < -0.3 is 14.8 Å². The van der Waals surface area contributed by atoms with Gasteiger partial charge in [0.1, 0.15) is 17.6 Å². The van der Waals surface area contributed by atoms with E-state index >= 15 is 8.78 Å². The first-order valence-electron chi connectivity index (χ1n) is 10.2. The molecule has 0 saturated carbocycles. The van der Waals surface area contributed by atoms with Crippen LogP contribution in [0.25, 0.3) is 22.0 Å². The smallest absolute Gasteiger partial charge is 0.341 e. The van der Waals surface area contributed by atoms with Crippen LogP contribution in [0.4, 0.5) is 8.78 Å². The van der Waals surface area contributed by atoms with E-state index in [2.05, 4.69) is 4.98 Å². The zero-order valence-corrected chi connectivity index (χ0v) is 17.6. The molecular formula is C23H24F2N2O4. The Morgan fingerprint density at radius 1 is 1.13 bits per heavy atom. The summed E-state index contributed by atoms with van der Waals surface area (Å²) in [4.78, 5) is 28.6. The summed E-state index contributed by atoms with van der Waals surface area (Å²) in [5, 5.41) is 19.5. The average molecular weight is 430 g/mol. The molecule has 6 nitrogen and oxygen atoms in total. The molecule has 0 aliphatic carbocycles. The standard InChI is InChI=1S/C23H24F2N2O4/c1-4-7-18(28)27-11-16(23(30)31)22(29)15-10-17(24)19(20(25)21(15)27)12-8-13(5-2)26-14(6-3)9-12/h8-11,18,28H,4-7H2,1-3H3,(H,30,31). The van der Waals surface area contributed by atoms with Crippen LogP contribution >= 0.6 is 0 Å². The van der Waals surface area contributed by atoms with Crippen molar-refractivity contribution in [2.24, 2.45) is 0 Å². The van der Waals surface area contributed by atoms with Crippen LogP contribution in [-0.2, 0) is 12.8 Å². The maximum Gasteiger partial charge on any atom is 0.341 e. The number of aromatic carboxylic acids is 1. The van der Waals surface area contributed by atoms with Gasteiger partial charge in [0.2, 0.25) is 5.43 Å². The van der Waals surface area contributed by atoms with Gasteiger partial charge in [-0.15, -0.1) is 0 Å². The minimum Gasteiger partial charge on any atom is -0.477 e. The number of carboxylic acids is 1. The Bertz CT molecular complexity index is 1200. The van der Waals surface area contributed by atoms with Gasteiger partial charge in [-0.3, -0.25) is 9.78 Å². The summed E-state index contributed by atoms with van der Waals surface area (Å²) in [6.45, 7) is 5.55. The number of carboxylic acid groups (broad SMARTS) is 1. The lowest BCUT2D eigenvalue weighted by molar-refractivity contribution is 0.0690.